The smallest absolute Gasteiger partial charge is 0.349 e. The molecule has 1 atom stereocenters. The van der Waals surface area contributed by atoms with Crippen molar-refractivity contribution < 1.29 is 13.2 Å². The van der Waals surface area contributed by atoms with Gasteiger partial charge in [-0.25, -0.2) is 9.97 Å². The molecule has 4 rings (SSSR count). The van der Waals surface area contributed by atoms with Crippen molar-refractivity contribution in [3.8, 4) is 0 Å². The first-order valence-electron chi connectivity index (χ1n) is 8.79. The highest BCUT2D eigenvalue weighted by Crippen LogP contribution is 2.35. The Labute approximate surface area is 149 Å². The van der Waals surface area contributed by atoms with E-state index in [-0.39, 0.29) is 0 Å². The maximum atomic E-state index is 12.6. The van der Waals surface area contributed by atoms with Crippen molar-refractivity contribution in [2.24, 2.45) is 0 Å². The Bertz CT molecular complexity index is 731. The van der Waals surface area contributed by atoms with Crippen LogP contribution in [0.3, 0.4) is 0 Å². The van der Waals surface area contributed by atoms with Crippen LogP contribution in [0.2, 0.25) is 0 Å². The van der Waals surface area contributed by atoms with Crippen molar-refractivity contribution in [2.45, 2.75) is 44.1 Å². The minimum atomic E-state index is -4.39. The first-order valence-corrected chi connectivity index (χ1v) is 8.79. The lowest BCUT2D eigenvalue weighted by molar-refractivity contribution is -0.141. The van der Waals surface area contributed by atoms with E-state index in [4.69, 9.17) is 0 Å². The maximum Gasteiger partial charge on any atom is 0.433 e. The van der Waals surface area contributed by atoms with E-state index in [9.17, 15) is 13.2 Å². The average molecular weight is 363 g/mol. The van der Waals surface area contributed by atoms with E-state index >= 15 is 0 Å². The topological polar surface area (TPSA) is 45.2 Å². The van der Waals surface area contributed by atoms with Crippen molar-refractivity contribution >= 4 is 5.82 Å². The molecule has 1 unspecified atom stereocenters. The first kappa shape index (κ1) is 17.2. The van der Waals surface area contributed by atoms with Gasteiger partial charge in [-0.1, -0.05) is 6.07 Å². The number of rotatable bonds is 5. The molecular formula is C18H20F3N5. The van der Waals surface area contributed by atoms with Crippen LogP contribution < -0.4 is 4.90 Å². The third kappa shape index (κ3) is 3.80. The summed E-state index contributed by atoms with van der Waals surface area (Å²) in [5.74, 6) is 0.963. The van der Waals surface area contributed by atoms with Crippen LogP contribution in [-0.2, 0) is 12.7 Å². The van der Waals surface area contributed by atoms with E-state index in [1.54, 1.807) is 12.5 Å². The predicted molar refractivity (Wildman–Crippen MR) is 90.5 cm³/mol. The number of halogens is 3. The number of aromatic nitrogens is 3. The van der Waals surface area contributed by atoms with E-state index in [0.717, 1.165) is 37.0 Å². The van der Waals surface area contributed by atoms with Crippen LogP contribution in [0.4, 0.5) is 19.0 Å². The lowest BCUT2D eigenvalue weighted by Gasteiger charge is -2.30. The van der Waals surface area contributed by atoms with Crippen molar-refractivity contribution in [1.29, 1.82) is 0 Å². The van der Waals surface area contributed by atoms with Gasteiger partial charge in [0.2, 0.25) is 0 Å². The molecule has 1 saturated heterocycles. The molecule has 1 saturated carbocycles. The second kappa shape index (κ2) is 6.83. The number of hydrogen-bond donors (Lipinski definition) is 0. The Kier molecular flexibility index (Phi) is 4.52. The molecule has 5 nitrogen and oxygen atoms in total. The van der Waals surface area contributed by atoms with Crippen LogP contribution in [0.1, 0.15) is 30.5 Å². The zero-order chi connectivity index (χ0) is 18.1. The molecule has 2 aromatic rings. The molecule has 0 spiro atoms. The summed E-state index contributed by atoms with van der Waals surface area (Å²) in [7, 11) is 0. The number of nitrogens with zero attached hydrogens (tertiary/aromatic N) is 5. The van der Waals surface area contributed by atoms with Gasteiger partial charge in [0.15, 0.2) is 0 Å². The van der Waals surface area contributed by atoms with E-state index in [0.29, 0.717) is 18.6 Å². The number of anilines is 1. The summed E-state index contributed by atoms with van der Waals surface area (Å²) in [6, 6.07) is 5.44. The molecule has 0 bridgehead atoms. The van der Waals surface area contributed by atoms with E-state index < -0.39 is 11.9 Å². The second-order valence-corrected chi connectivity index (χ2v) is 6.93. The van der Waals surface area contributed by atoms with Gasteiger partial charge in [-0.15, -0.1) is 0 Å². The summed E-state index contributed by atoms with van der Waals surface area (Å²) in [5, 5.41) is 0. The Hall–Kier alpha value is -2.22. The van der Waals surface area contributed by atoms with Gasteiger partial charge < -0.3 is 4.90 Å². The zero-order valence-corrected chi connectivity index (χ0v) is 14.2. The van der Waals surface area contributed by atoms with Gasteiger partial charge in [-0.3, -0.25) is 9.88 Å². The lowest BCUT2D eigenvalue weighted by atomic mass is 10.2. The molecule has 26 heavy (non-hydrogen) atoms. The molecule has 138 valence electrons. The monoisotopic (exact) mass is 363 g/mol. The fraction of sp³-hybridized carbons (Fsp3) is 0.500. The molecule has 8 heteroatoms. The van der Waals surface area contributed by atoms with Crippen LogP contribution in [0.15, 0.2) is 36.9 Å². The Morgan fingerprint density at radius 1 is 1.08 bits per heavy atom. The maximum absolute atomic E-state index is 12.6. The third-order valence-electron chi connectivity index (χ3n) is 4.93. The molecule has 1 aliphatic heterocycles. The largest absolute Gasteiger partial charge is 0.433 e. The highest BCUT2D eigenvalue weighted by atomic mass is 19.4. The van der Waals surface area contributed by atoms with Crippen molar-refractivity contribution in [2.75, 3.05) is 18.0 Å². The van der Waals surface area contributed by atoms with Gasteiger partial charge >= 0.3 is 6.18 Å². The summed E-state index contributed by atoms with van der Waals surface area (Å²) in [5.41, 5.74) is -0.0390. The number of pyridine rings is 1. The van der Waals surface area contributed by atoms with Crippen molar-refractivity contribution in [3.05, 3.63) is 48.2 Å². The van der Waals surface area contributed by atoms with Gasteiger partial charge in [0, 0.05) is 44.1 Å². The van der Waals surface area contributed by atoms with Gasteiger partial charge in [-0.2, -0.15) is 13.2 Å². The SMILES string of the molecule is FC(F)(F)c1ccc(CN2CCC(N(c3ccncn3)C3CC3)C2)cn1. The van der Waals surface area contributed by atoms with E-state index in [1.807, 2.05) is 6.07 Å². The summed E-state index contributed by atoms with van der Waals surface area (Å²) in [4.78, 5) is 16.6. The van der Waals surface area contributed by atoms with Gasteiger partial charge in [-0.05, 0) is 37.0 Å². The Balaban J connectivity index is 1.40. The summed E-state index contributed by atoms with van der Waals surface area (Å²) >= 11 is 0. The summed E-state index contributed by atoms with van der Waals surface area (Å²) in [6.45, 7) is 2.41. The lowest BCUT2D eigenvalue weighted by Crippen LogP contribution is -2.39. The minimum Gasteiger partial charge on any atom is -0.349 e. The second-order valence-electron chi connectivity index (χ2n) is 6.93. The molecule has 3 heterocycles. The third-order valence-corrected chi connectivity index (χ3v) is 4.93. The van der Waals surface area contributed by atoms with E-state index in [1.165, 1.54) is 25.1 Å². The van der Waals surface area contributed by atoms with Crippen LogP contribution >= 0.6 is 0 Å². The normalized spacial score (nSPS) is 21.1. The Morgan fingerprint density at radius 2 is 1.92 bits per heavy atom. The quantitative estimate of drug-likeness (QED) is 0.817. The van der Waals surface area contributed by atoms with Gasteiger partial charge in [0.25, 0.3) is 0 Å². The Morgan fingerprint density at radius 3 is 2.54 bits per heavy atom. The van der Waals surface area contributed by atoms with E-state index in [2.05, 4.69) is 24.8 Å². The molecule has 0 amide bonds. The molecule has 0 N–H and O–H groups in total. The minimum absolute atomic E-state index is 0.375. The standard InChI is InChI=1S/C18H20F3N5/c19-18(20,21)16-4-1-13(9-23-16)10-25-8-6-15(11-25)26(14-2-3-14)17-5-7-22-12-24-17/h1,4-5,7,9,12,14-15H,2-3,6,8,10-11H2. The molecule has 1 aliphatic carbocycles. The fourth-order valence-electron chi connectivity index (χ4n) is 3.59. The average Bonchev–Trinajstić information content (AvgIpc) is 3.35. The van der Waals surface area contributed by atoms with Crippen molar-refractivity contribution in [1.82, 2.24) is 19.9 Å². The molecule has 2 fully saturated rings. The highest BCUT2D eigenvalue weighted by molar-refractivity contribution is 5.42. The van der Waals surface area contributed by atoms with Crippen LogP contribution in [0.25, 0.3) is 0 Å². The van der Waals surface area contributed by atoms with Crippen LogP contribution in [-0.4, -0.2) is 45.0 Å². The first-order chi connectivity index (χ1) is 12.5. The van der Waals surface area contributed by atoms with Crippen LogP contribution in [0.5, 0.6) is 0 Å². The van der Waals surface area contributed by atoms with Gasteiger partial charge in [0.05, 0.1) is 0 Å². The van der Waals surface area contributed by atoms with Crippen LogP contribution in [0, 0.1) is 0 Å². The fourth-order valence-corrected chi connectivity index (χ4v) is 3.59. The molecule has 2 aromatic heterocycles. The molecule has 2 aliphatic rings. The highest BCUT2D eigenvalue weighted by Gasteiger charge is 2.38. The molecule has 0 radical (unpaired) electrons. The number of likely N-dealkylation sites (tertiary alicyclic amines) is 1. The van der Waals surface area contributed by atoms with Crippen molar-refractivity contribution in [3.63, 3.8) is 0 Å². The zero-order valence-electron chi connectivity index (χ0n) is 14.2. The van der Waals surface area contributed by atoms with Gasteiger partial charge in [0.1, 0.15) is 17.8 Å². The number of hydrogen-bond acceptors (Lipinski definition) is 5. The number of alkyl halides is 3. The summed E-state index contributed by atoms with van der Waals surface area (Å²) in [6.07, 6.45) is 3.67. The predicted octanol–water partition coefficient (Wildman–Crippen LogP) is 3.13. The molecular weight excluding hydrogens is 343 g/mol. The molecule has 0 aromatic carbocycles. The summed E-state index contributed by atoms with van der Waals surface area (Å²) < 4.78 is 37.9.